The largest absolute Gasteiger partial charge is 0.337 e. The van der Waals surface area contributed by atoms with E-state index in [4.69, 9.17) is 6.42 Å². The number of rotatable bonds is 3. The molecule has 1 atom stereocenters. The highest BCUT2D eigenvalue weighted by atomic mass is 16.2. The van der Waals surface area contributed by atoms with Crippen molar-refractivity contribution in [3.63, 3.8) is 0 Å². The van der Waals surface area contributed by atoms with E-state index in [0.717, 1.165) is 6.42 Å². The van der Waals surface area contributed by atoms with Crippen LogP contribution in [0.25, 0.3) is 0 Å². The van der Waals surface area contributed by atoms with Gasteiger partial charge in [-0.25, -0.2) is 4.79 Å². The van der Waals surface area contributed by atoms with Crippen LogP contribution in [0.3, 0.4) is 0 Å². The zero-order chi connectivity index (χ0) is 9.90. The number of terminal acetylenes is 1. The summed E-state index contributed by atoms with van der Waals surface area (Å²) in [5, 5.41) is 5.58. The molecule has 0 saturated heterocycles. The summed E-state index contributed by atoms with van der Waals surface area (Å²) in [5.41, 5.74) is 0.281. The van der Waals surface area contributed by atoms with Crippen molar-refractivity contribution < 1.29 is 4.79 Å². The number of urea groups is 1. The molecule has 0 radical (unpaired) electrons. The third kappa shape index (κ3) is 2.98. The molecule has 1 fully saturated rings. The van der Waals surface area contributed by atoms with Crippen LogP contribution in [0, 0.1) is 17.8 Å². The quantitative estimate of drug-likeness (QED) is 0.495. The Labute approximate surface area is 79.3 Å². The van der Waals surface area contributed by atoms with E-state index in [-0.39, 0.29) is 11.4 Å². The maximum absolute atomic E-state index is 11.2. The van der Waals surface area contributed by atoms with Crippen LogP contribution in [0.15, 0.2) is 0 Å². The van der Waals surface area contributed by atoms with Crippen molar-refractivity contribution in [2.45, 2.75) is 32.7 Å². The van der Waals surface area contributed by atoms with Crippen molar-refractivity contribution >= 4 is 6.03 Å². The Morgan fingerprint density at radius 3 is 2.77 bits per heavy atom. The van der Waals surface area contributed by atoms with Gasteiger partial charge < -0.3 is 10.6 Å². The smallest absolute Gasteiger partial charge is 0.315 e. The van der Waals surface area contributed by atoms with Gasteiger partial charge in [0, 0.05) is 19.0 Å². The van der Waals surface area contributed by atoms with Gasteiger partial charge in [0.1, 0.15) is 0 Å². The summed E-state index contributed by atoms with van der Waals surface area (Å²) in [4.78, 5) is 11.2. The van der Waals surface area contributed by atoms with E-state index < -0.39 is 0 Å². The standard InChI is InChI=1S/C10H16N2O/c1-4-5-6-11-9(13)12-8-7-10(8,2)3/h1,8H,5-7H2,2-3H3,(H2,11,12,13). The molecule has 1 aliphatic carbocycles. The second-order valence-corrected chi connectivity index (χ2v) is 4.10. The average Bonchev–Trinajstić information content (AvgIpc) is 2.59. The molecule has 2 amide bonds. The molecule has 0 heterocycles. The summed E-state index contributed by atoms with van der Waals surface area (Å²) in [7, 11) is 0. The van der Waals surface area contributed by atoms with E-state index in [2.05, 4.69) is 30.4 Å². The van der Waals surface area contributed by atoms with E-state index in [1.54, 1.807) is 0 Å². The molecule has 1 unspecified atom stereocenters. The lowest BCUT2D eigenvalue weighted by molar-refractivity contribution is 0.239. The second kappa shape index (κ2) is 3.69. The fourth-order valence-corrected chi connectivity index (χ4v) is 1.17. The highest BCUT2D eigenvalue weighted by Crippen LogP contribution is 2.44. The molecule has 0 bridgehead atoms. The highest BCUT2D eigenvalue weighted by Gasteiger charge is 2.46. The van der Waals surface area contributed by atoms with Crippen LogP contribution in [-0.2, 0) is 0 Å². The molecule has 72 valence electrons. The minimum atomic E-state index is -0.106. The molecule has 3 nitrogen and oxygen atoms in total. The fraction of sp³-hybridized carbons (Fsp3) is 0.700. The first kappa shape index (κ1) is 9.91. The van der Waals surface area contributed by atoms with Gasteiger partial charge in [0.25, 0.3) is 0 Å². The summed E-state index contributed by atoms with van der Waals surface area (Å²) < 4.78 is 0. The van der Waals surface area contributed by atoms with Crippen molar-refractivity contribution in [3.8, 4) is 12.3 Å². The zero-order valence-corrected chi connectivity index (χ0v) is 8.18. The van der Waals surface area contributed by atoms with E-state index >= 15 is 0 Å². The number of hydrogen-bond acceptors (Lipinski definition) is 1. The monoisotopic (exact) mass is 180 g/mol. The average molecular weight is 180 g/mol. The van der Waals surface area contributed by atoms with Crippen LogP contribution in [0.4, 0.5) is 4.79 Å². The van der Waals surface area contributed by atoms with Crippen LogP contribution in [0.1, 0.15) is 26.7 Å². The minimum absolute atomic E-state index is 0.106. The predicted octanol–water partition coefficient (Wildman–Crippen LogP) is 1.11. The molecule has 1 rings (SSSR count). The number of hydrogen-bond donors (Lipinski definition) is 2. The lowest BCUT2D eigenvalue weighted by atomic mass is 10.2. The summed E-state index contributed by atoms with van der Waals surface area (Å²) in [6.45, 7) is 4.83. The van der Waals surface area contributed by atoms with Gasteiger partial charge in [-0.3, -0.25) is 0 Å². The number of nitrogens with one attached hydrogen (secondary N) is 2. The number of carbonyl (C=O) groups is 1. The lowest BCUT2D eigenvalue weighted by Crippen LogP contribution is -2.38. The van der Waals surface area contributed by atoms with Gasteiger partial charge in [0.05, 0.1) is 0 Å². The van der Waals surface area contributed by atoms with E-state index in [9.17, 15) is 4.79 Å². The normalized spacial score (nSPS) is 23.0. The molecule has 1 aliphatic rings. The summed E-state index contributed by atoms with van der Waals surface area (Å²) in [6, 6.07) is 0.226. The Morgan fingerprint density at radius 1 is 1.69 bits per heavy atom. The Kier molecular flexibility index (Phi) is 2.82. The third-order valence-electron chi connectivity index (χ3n) is 2.37. The molecule has 13 heavy (non-hydrogen) atoms. The summed E-state index contributed by atoms with van der Waals surface area (Å²) in [6.07, 6.45) is 6.70. The van der Waals surface area contributed by atoms with Crippen molar-refractivity contribution in [2.75, 3.05) is 6.54 Å². The highest BCUT2D eigenvalue weighted by molar-refractivity contribution is 5.74. The van der Waals surface area contributed by atoms with Gasteiger partial charge in [0.15, 0.2) is 0 Å². The Balaban J connectivity index is 2.10. The van der Waals surface area contributed by atoms with Crippen molar-refractivity contribution in [2.24, 2.45) is 5.41 Å². The van der Waals surface area contributed by atoms with Crippen molar-refractivity contribution in [1.82, 2.24) is 10.6 Å². The summed E-state index contributed by atoms with van der Waals surface area (Å²) >= 11 is 0. The van der Waals surface area contributed by atoms with Gasteiger partial charge in [-0.2, -0.15) is 0 Å². The van der Waals surface area contributed by atoms with Crippen LogP contribution < -0.4 is 10.6 Å². The molecule has 0 spiro atoms. The van der Waals surface area contributed by atoms with Gasteiger partial charge in [-0.05, 0) is 11.8 Å². The Bertz CT molecular complexity index is 240. The van der Waals surface area contributed by atoms with E-state index in [1.807, 2.05) is 0 Å². The number of carbonyl (C=O) groups excluding carboxylic acids is 1. The SMILES string of the molecule is C#CCCNC(=O)NC1CC1(C)C. The van der Waals surface area contributed by atoms with Crippen LogP contribution in [-0.4, -0.2) is 18.6 Å². The Morgan fingerprint density at radius 2 is 2.31 bits per heavy atom. The maximum Gasteiger partial charge on any atom is 0.315 e. The van der Waals surface area contributed by atoms with Crippen LogP contribution in [0.2, 0.25) is 0 Å². The second-order valence-electron chi connectivity index (χ2n) is 4.10. The first-order valence-electron chi connectivity index (χ1n) is 4.54. The zero-order valence-electron chi connectivity index (χ0n) is 8.18. The van der Waals surface area contributed by atoms with E-state index in [0.29, 0.717) is 19.0 Å². The first-order chi connectivity index (χ1) is 6.06. The van der Waals surface area contributed by atoms with Crippen LogP contribution in [0.5, 0.6) is 0 Å². The van der Waals surface area contributed by atoms with Gasteiger partial charge in [-0.15, -0.1) is 12.3 Å². The molecule has 3 heteroatoms. The molecular formula is C10H16N2O. The van der Waals surface area contributed by atoms with E-state index in [1.165, 1.54) is 0 Å². The molecule has 1 saturated carbocycles. The summed E-state index contributed by atoms with van der Waals surface area (Å²) in [5.74, 6) is 2.47. The van der Waals surface area contributed by atoms with Gasteiger partial charge in [-0.1, -0.05) is 13.8 Å². The van der Waals surface area contributed by atoms with Gasteiger partial charge >= 0.3 is 6.03 Å². The van der Waals surface area contributed by atoms with Crippen molar-refractivity contribution in [3.05, 3.63) is 0 Å². The lowest BCUT2D eigenvalue weighted by Gasteiger charge is -2.07. The fourth-order valence-electron chi connectivity index (χ4n) is 1.17. The maximum atomic E-state index is 11.2. The molecule has 2 N–H and O–H groups in total. The number of amides is 2. The molecular weight excluding hydrogens is 164 g/mol. The first-order valence-corrected chi connectivity index (χ1v) is 4.54. The molecule has 0 aliphatic heterocycles. The topological polar surface area (TPSA) is 41.1 Å². The third-order valence-corrected chi connectivity index (χ3v) is 2.37. The minimum Gasteiger partial charge on any atom is -0.337 e. The van der Waals surface area contributed by atoms with Crippen molar-refractivity contribution in [1.29, 1.82) is 0 Å². The van der Waals surface area contributed by atoms with Gasteiger partial charge in [0.2, 0.25) is 0 Å². The molecule has 0 aromatic carbocycles. The van der Waals surface area contributed by atoms with Crippen LogP contribution >= 0.6 is 0 Å². The molecule has 0 aromatic rings. The molecule has 0 aromatic heterocycles. The Hall–Kier alpha value is -1.17. The predicted molar refractivity (Wildman–Crippen MR) is 52.2 cm³/mol.